The fraction of sp³-hybridized carbons (Fsp3) is 0.417. The molecular weight excluding hydrogens is 445 g/mol. The lowest BCUT2D eigenvalue weighted by molar-refractivity contribution is -0.00221. The van der Waals surface area contributed by atoms with Gasteiger partial charge in [-0.2, -0.15) is 0 Å². The molecule has 10 heteroatoms. The smallest absolute Gasteiger partial charge is 0.414 e. The maximum absolute atomic E-state index is 15.0. The normalized spacial score (nSPS) is 18.6. The minimum Gasteiger partial charge on any atom is -0.449 e. The Morgan fingerprint density at radius 3 is 2.68 bits per heavy atom. The molecule has 2 aromatic rings. The molecule has 0 spiro atoms. The zero-order chi connectivity index (χ0) is 24.2. The summed E-state index contributed by atoms with van der Waals surface area (Å²) in [7, 11) is 0. The molecule has 0 saturated carbocycles. The Kier molecular flexibility index (Phi) is 7.30. The molecule has 2 amide bonds. The number of anilines is 2. The predicted octanol–water partition coefficient (Wildman–Crippen LogP) is 2.13. The molecule has 1 saturated heterocycles. The average Bonchev–Trinajstić information content (AvgIpc) is 3.08. The monoisotopic (exact) mass is 473 g/mol. The van der Waals surface area contributed by atoms with Crippen LogP contribution in [0.5, 0.6) is 0 Å². The number of β-amino-alcohol motifs (C(OH)–C–C–N with tert-alkyl or cyclic N) is 1. The molecule has 2 aliphatic heterocycles. The van der Waals surface area contributed by atoms with E-state index in [1.807, 2.05) is 4.90 Å². The van der Waals surface area contributed by atoms with Crippen molar-refractivity contribution < 1.29 is 33.7 Å². The molecule has 2 aromatic carbocycles. The number of halogens is 1. The molecule has 1 unspecified atom stereocenters. The van der Waals surface area contributed by atoms with E-state index in [0.717, 1.165) is 9.80 Å². The lowest BCUT2D eigenvalue weighted by Gasteiger charge is -2.31. The molecule has 0 radical (unpaired) electrons. The highest BCUT2D eigenvalue weighted by atomic mass is 19.1. The maximum atomic E-state index is 15.0. The zero-order valence-electron chi connectivity index (χ0n) is 18.9. The van der Waals surface area contributed by atoms with Crippen LogP contribution in [0.2, 0.25) is 0 Å². The Morgan fingerprint density at radius 2 is 2.00 bits per heavy atom. The van der Waals surface area contributed by atoms with E-state index in [9.17, 15) is 24.2 Å². The van der Waals surface area contributed by atoms with E-state index >= 15 is 0 Å². The summed E-state index contributed by atoms with van der Waals surface area (Å²) in [5.74, 6) is -0.922. The summed E-state index contributed by atoms with van der Waals surface area (Å²) in [6.07, 6.45) is -3.17. The third kappa shape index (κ3) is 4.84. The first kappa shape index (κ1) is 23.9. The van der Waals surface area contributed by atoms with Crippen LogP contribution in [0.1, 0.15) is 29.1 Å². The number of nitrogens with zero attached hydrogens (tertiary/aromatic N) is 3. The van der Waals surface area contributed by atoms with Gasteiger partial charge < -0.3 is 29.5 Å². The number of carbonyl (C=O) groups is 2. The van der Waals surface area contributed by atoms with Gasteiger partial charge in [0.25, 0.3) is 5.91 Å². The van der Waals surface area contributed by atoms with Gasteiger partial charge >= 0.3 is 6.09 Å². The number of aliphatic hydroxyl groups is 2. The van der Waals surface area contributed by atoms with Gasteiger partial charge in [-0.05, 0) is 31.2 Å². The van der Waals surface area contributed by atoms with Gasteiger partial charge in [0.2, 0.25) is 0 Å². The fourth-order valence-corrected chi connectivity index (χ4v) is 4.24. The second-order valence-corrected chi connectivity index (χ2v) is 8.12. The highest BCUT2D eigenvalue weighted by Crippen LogP contribution is 2.32. The molecular formula is C24H28FN3O6. The molecule has 0 aliphatic carbocycles. The third-order valence-corrected chi connectivity index (χ3v) is 5.91. The molecule has 182 valence electrons. The summed E-state index contributed by atoms with van der Waals surface area (Å²) < 4.78 is 25.4. The molecule has 1 fully saturated rings. The number of hydrogen-bond acceptors (Lipinski definition) is 7. The largest absolute Gasteiger partial charge is 0.449 e. The van der Waals surface area contributed by atoms with Gasteiger partial charge in [0, 0.05) is 24.2 Å². The van der Waals surface area contributed by atoms with Crippen molar-refractivity contribution in [3.05, 3.63) is 59.4 Å². The Hall–Kier alpha value is -3.21. The van der Waals surface area contributed by atoms with Crippen LogP contribution >= 0.6 is 0 Å². The van der Waals surface area contributed by atoms with Crippen molar-refractivity contribution in [1.29, 1.82) is 0 Å². The molecule has 2 heterocycles. The number of morpholine rings is 1. The Morgan fingerprint density at radius 1 is 1.26 bits per heavy atom. The topological polar surface area (TPSA) is 103 Å². The van der Waals surface area contributed by atoms with Crippen LogP contribution in [-0.4, -0.2) is 79.2 Å². The van der Waals surface area contributed by atoms with Crippen molar-refractivity contribution in [2.24, 2.45) is 0 Å². The number of benzene rings is 2. The van der Waals surface area contributed by atoms with Crippen molar-refractivity contribution in [2.75, 3.05) is 55.8 Å². The van der Waals surface area contributed by atoms with Crippen LogP contribution in [0.15, 0.2) is 42.5 Å². The van der Waals surface area contributed by atoms with Crippen LogP contribution in [0.3, 0.4) is 0 Å². The summed E-state index contributed by atoms with van der Waals surface area (Å²) in [5, 5.41) is 21.3. The van der Waals surface area contributed by atoms with Crippen molar-refractivity contribution in [1.82, 2.24) is 4.90 Å². The van der Waals surface area contributed by atoms with Crippen molar-refractivity contribution in [3.63, 3.8) is 0 Å². The fourth-order valence-electron chi connectivity index (χ4n) is 4.24. The quantitative estimate of drug-likeness (QED) is 0.635. The van der Waals surface area contributed by atoms with Crippen LogP contribution in [0.4, 0.5) is 20.6 Å². The predicted molar refractivity (Wildman–Crippen MR) is 122 cm³/mol. The molecule has 0 aromatic heterocycles. The van der Waals surface area contributed by atoms with Gasteiger partial charge in [0.15, 0.2) is 6.23 Å². The number of amides is 2. The van der Waals surface area contributed by atoms with E-state index in [0.29, 0.717) is 43.1 Å². The number of aliphatic hydroxyl groups excluding tert-OH is 2. The van der Waals surface area contributed by atoms with Gasteiger partial charge in [-0.3, -0.25) is 9.69 Å². The maximum Gasteiger partial charge on any atom is 0.414 e. The molecule has 4 rings (SSSR count). The van der Waals surface area contributed by atoms with Crippen LogP contribution in [-0.2, 0) is 9.47 Å². The van der Waals surface area contributed by atoms with Crippen LogP contribution < -0.4 is 9.80 Å². The molecule has 2 aliphatic rings. The van der Waals surface area contributed by atoms with E-state index in [1.54, 1.807) is 43.3 Å². The highest BCUT2D eigenvalue weighted by molar-refractivity contribution is 5.99. The molecule has 2 atom stereocenters. The summed E-state index contributed by atoms with van der Waals surface area (Å²) >= 11 is 0. The van der Waals surface area contributed by atoms with Crippen LogP contribution in [0.25, 0.3) is 0 Å². The molecule has 34 heavy (non-hydrogen) atoms. The van der Waals surface area contributed by atoms with E-state index in [-0.39, 0.29) is 25.4 Å². The molecule has 2 N–H and O–H groups in total. The zero-order valence-corrected chi connectivity index (χ0v) is 18.9. The van der Waals surface area contributed by atoms with Gasteiger partial charge in [-0.15, -0.1) is 0 Å². The first-order valence-electron chi connectivity index (χ1n) is 11.2. The number of ether oxygens (including phenoxy) is 2. The molecule has 0 bridgehead atoms. The van der Waals surface area contributed by atoms with Crippen molar-refractivity contribution in [2.45, 2.75) is 19.3 Å². The van der Waals surface area contributed by atoms with E-state index in [4.69, 9.17) is 9.47 Å². The van der Waals surface area contributed by atoms with E-state index < -0.39 is 30.1 Å². The lowest BCUT2D eigenvalue weighted by Crippen LogP contribution is -2.44. The Bertz CT molecular complexity index is 1050. The highest BCUT2D eigenvalue weighted by Gasteiger charge is 2.36. The van der Waals surface area contributed by atoms with Crippen molar-refractivity contribution in [3.8, 4) is 0 Å². The van der Waals surface area contributed by atoms with Gasteiger partial charge in [-0.1, -0.05) is 18.2 Å². The number of hydrogen-bond donors (Lipinski definition) is 2. The number of carbonyl (C=O) groups excluding carboxylic acids is 2. The average molecular weight is 474 g/mol. The number of rotatable bonds is 7. The Balaban J connectivity index is 1.50. The van der Waals surface area contributed by atoms with Crippen molar-refractivity contribution >= 4 is 23.4 Å². The van der Waals surface area contributed by atoms with E-state index in [2.05, 4.69) is 0 Å². The Labute approximate surface area is 196 Å². The molecule has 9 nitrogen and oxygen atoms in total. The standard InChI is InChI=1S/C24H28FN3O6/c1-2-34-24(32)27(16-7-8-21(20(25)13-16)26-9-11-33-12-10-26)14-17(29)15-28-22(30)18-5-3-4-6-19(18)23(28)31/h3-8,13,17,22,29-30H,2,9-12,14-15H2,1H3/t17-,22?/m1/s1. The summed E-state index contributed by atoms with van der Waals surface area (Å²) in [4.78, 5) is 29.4. The van der Waals surface area contributed by atoms with E-state index in [1.165, 1.54) is 6.07 Å². The first-order chi connectivity index (χ1) is 16.4. The van der Waals surface area contributed by atoms with Gasteiger partial charge in [0.1, 0.15) is 5.82 Å². The first-order valence-corrected chi connectivity index (χ1v) is 11.2. The lowest BCUT2D eigenvalue weighted by atomic mass is 10.1. The minimum atomic E-state index is -1.22. The van der Waals surface area contributed by atoms with Crippen LogP contribution in [0, 0.1) is 5.82 Å². The summed E-state index contributed by atoms with van der Waals surface area (Å²) in [6.45, 7) is 3.39. The SMILES string of the molecule is CCOC(=O)N(C[C@@H](O)CN1C(=O)c2ccccc2C1O)c1ccc(N2CCOCC2)c(F)c1. The van der Waals surface area contributed by atoms with Gasteiger partial charge in [0.05, 0.1) is 50.4 Å². The number of fused-ring (bicyclic) bond motifs is 1. The minimum absolute atomic E-state index is 0.0956. The third-order valence-electron chi connectivity index (χ3n) is 5.91. The summed E-state index contributed by atoms with van der Waals surface area (Å²) in [5.41, 5.74) is 1.44. The summed E-state index contributed by atoms with van der Waals surface area (Å²) in [6, 6.07) is 11.1. The second-order valence-electron chi connectivity index (χ2n) is 8.12. The van der Waals surface area contributed by atoms with Gasteiger partial charge in [-0.25, -0.2) is 9.18 Å². The second kappa shape index (κ2) is 10.4.